The Morgan fingerprint density at radius 1 is 1.42 bits per heavy atom. The van der Waals surface area contributed by atoms with Gasteiger partial charge in [-0.2, -0.15) is 0 Å². The van der Waals surface area contributed by atoms with Crippen molar-refractivity contribution < 1.29 is 9.18 Å². The standard InChI is InChI=1S/C14H18BrFN2O/c1-14(2,3)18-12(19)7-11(17)13(18)9-6-8(15)4-5-10(9)16/h4-6,11,13H,7,17H2,1-3H3. The Hall–Kier alpha value is -0.940. The van der Waals surface area contributed by atoms with Gasteiger partial charge in [0.1, 0.15) is 5.82 Å². The first-order valence-electron chi connectivity index (χ1n) is 6.24. The number of hydrogen-bond donors (Lipinski definition) is 1. The van der Waals surface area contributed by atoms with E-state index in [1.54, 1.807) is 17.0 Å². The number of rotatable bonds is 1. The number of benzene rings is 1. The highest BCUT2D eigenvalue weighted by atomic mass is 79.9. The SMILES string of the molecule is CC(C)(C)N1C(=O)CC(N)C1c1cc(Br)ccc1F. The fourth-order valence-electron chi connectivity index (χ4n) is 2.66. The molecule has 5 heteroatoms. The van der Waals surface area contributed by atoms with Gasteiger partial charge in [0.25, 0.3) is 0 Å². The first kappa shape index (κ1) is 14.5. The molecule has 104 valence electrons. The van der Waals surface area contributed by atoms with Crippen LogP contribution in [0.3, 0.4) is 0 Å². The summed E-state index contributed by atoms with van der Waals surface area (Å²) in [5, 5.41) is 0. The van der Waals surface area contributed by atoms with E-state index in [4.69, 9.17) is 5.73 Å². The molecule has 1 heterocycles. The fourth-order valence-corrected chi connectivity index (χ4v) is 3.04. The monoisotopic (exact) mass is 328 g/mol. The Morgan fingerprint density at radius 3 is 2.63 bits per heavy atom. The molecule has 19 heavy (non-hydrogen) atoms. The number of hydrogen-bond acceptors (Lipinski definition) is 2. The minimum absolute atomic E-state index is 0.0237. The van der Waals surface area contributed by atoms with Crippen molar-refractivity contribution in [3.8, 4) is 0 Å². The largest absolute Gasteiger partial charge is 0.329 e. The van der Waals surface area contributed by atoms with Crippen LogP contribution in [0.5, 0.6) is 0 Å². The van der Waals surface area contributed by atoms with Crippen molar-refractivity contribution in [2.24, 2.45) is 5.73 Å². The van der Waals surface area contributed by atoms with Crippen molar-refractivity contribution in [3.63, 3.8) is 0 Å². The van der Waals surface area contributed by atoms with Gasteiger partial charge in [-0.3, -0.25) is 4.79 Å². The molecule has 0 aliphatic carbocycles. The zero-order chi connectivity index (χ0) is 14.4. The summed E-state index contributed by atoms with van der Waals surface area (Å²) in [5.41, 5.74) is 6.15. The number of halogens is 2. The molecule has 3 nitrogen and oxygen atoms in total. The lowest BCUT2D eigenvalue weighted by Crippen LogP contribution is -2.45. The normalized spacial score (nSPS) is 24.1. The van der Waals surface area contributed by atoms with Crippen LogP contribution in [0.1, 0.15) is 38.8 Å². The lowest BCUT2D eigenvalue weighted by atomic mass is 9.96. The molecule has 1 fully saturated rings. The average molecular weight is 329 g/mol. The number of nitrogens with two attached hydrogens (primary N) is 1. The zero-order valence-electron chi connectivity index (χ0n) is 11.3. The van der Waals surface area contributed by atoms with Gasteiger partial charge in [-0.15, -0.1) is 0 Å². The van der Waals surface area contributed by atoms with E-state index in [2.05, 4.69) is 15.9 Å². The van der Waals surface area contributed by atoms with Crippen LogP contribution in [0.2, 0.25) is 0 Å². The third-order valence-electron chi connectivity index (χ3n) is 3.36. The van der Waals surface area contributed by atoms with E-state index in [0.29, 0.717) is 5.56 Å². The molecule has 1 saturated heterocycles. The number of amides is 1. The van der Waals surface area contributed by atoms with E-state index in [9.17, 15) is 9.18 Å². The van der Waals surface area contributed by atoms with Gasteiger partial charge < -0.3 is 10.6 Å². The topological polar surface area (TPSA) is 46.3 Å². The van der Waals surface area contributed by atoms with Crippen LogP contribution in [0.15, 0.2) is 22.7 Å². The molecule has 0 radical (unpaired) electrons. The number of carbonyl (C=O) groups is 1. The second-order valence-electron chi connectivity index (χ2n) is 5.91. The first-order chi connectivity index (χ1) is 8.71. The van der Waals surface area contributed by atoms with Gasteiger partial charge in [0.15, 0.2) is 0 Å². The maximum Gasteiger partial charge on any atom is 0.225 e. The van der Waals surface area contributed by atoms with Crippen LogP contribution < -0.4 is 5.73 Å². The summed E-state index contributed by atoms with van der Waals surface area (Å²) in [6, 6.07) is 3.95. The number of carbonyl (C=O) groups excluding carboxylic acids is 1. The van der Waals surface area contributed by atoms with E-state index >= 15 is 0 Å². The molecule has 2 atom stereocenters. The molecule has 1 aromatic rings. The third-order valence-corrected chi connectivity index (χ3v) is 3.86. The lowest BCUT2D eigenvalue weighted by Gasteiger charge is -2.38. The van der Waals surface area contributed by atoms with E-state index in [1.807, 2.05) is 20.8 Å². The van der Waals surface area contributed by atoms with E-state index in [1.165, 1.54) is 6.07 Å². The fraction of sp³-hybridized carbons (Fsp3) is 0.500. The van der Waals surface area contributed by atoms with Crippen molar-refractivity contribution in [1.29, 1.82) is 0 Å². The summed E-state index contributed by atoms with van der Waals surface area (Å²) in [6.45, 7) is 5.81. The second kappa shape index (κ2) is 4.87. The molecule has 0 saturated carbocycles. The molecule has 0 spiro atoms. The van der Waals surface area contributed by atoms with E-state index in [0.717, 1.165) is 4.47 Å². The Morgan fingerprint density at radius 2 is 2.05 bits per heavy atom. The van der Waals surface area contributed by atoms with Gasteiger partial charge in [-0.25, -0.2) is 4.39 Å². The third kappa shape index (κ3) is 2.67. The molecule has 0 bridgehead atoms. The van der Waals surface area contributed by atoms with Gasteiger partial charge in [0.05, 0.1) is 6.04 Å². The minimum atomic E-state index is -0.412. The van der Waals surface area contributed by atoms with E-state index < -0.39 is 6.04 Å². The summed E-state index contributed by atoms with van der Waals surface area (Å²) in [6.07, 6.45) is 0.258. The maximum absolute atomic E-state index is 14.1. The number of likely N-dealkylation sites (tertiary alicyclic amines) is 1. The Bertz CT molecular complexity index is 513. The van der Waals surface area contributed by atoms with Gasteiger partial charge in [-0.05, 0) is 39.0 Å². The molecular formula is C14H18BrFN2O. The van der Waals surface area contributed by atoms with Crippen LogP contribution in [0, 0.1) is 5.82 Å². The molecular weight excluding hydrogens is 311 g/mol. The molecule has 0 aromatic heterocycles. The molecule has 1 aliphatic heterocycles. The summed E-state index contributed by atoms with van der Waals surface area (Å²) >= 11 is 3.34. The van der Waals surface area contributed by atoms with Gasteiger partial charge >= 0.3 is 0 Å². The van der Waals surface area contributed by atoms with Crippen molar-refractivity contribution in [3.05, 3.63) is 34.1 Å². The highest BCUT2D eigenvalue weighted by molar-refractivity contribution is 9.10. The van der Waals surface area contributed by atoms with Crippen molar-refractivity contribution >= 4 is 21.8 Å². The van der Waals surface area contributed by atoms with Crippen molar-refractivity contribution in [2.45, 2.75) is 44.8 Å². The molecule has 1 amide bonds. The van der Waals surface area contributed by atoms with Gasteiger partial charge in [0, 0.05) is 28.0 Å². The highest BCUT2D eigenvalue weighted by Gasteiger charge is 2.44. The van der Waals surface area contributed by atoms with Crippen LogP contribution >= 0.6 is 15.9 Å². The molecule has 2 unspecified atom stereocenters. The summed E-state index contributed by atoms with van der Waals surface area (Å²) < 4.78 is 14.9. The predicted octanol–water partition coefficient (Wildman–Crippen LogP) is 2.99. The second-order valence-corrected chi connectivity index (χ2v) is 6.83. The lowest BCUT2D eigenvalue weighted by molar-refractivity contribution is -0.133. The molecule has 1 aromatic carbocycles. The smallest absolute Gasteiger partial charge is 0.225 e. The number of nitrogens with zero attached hydrogens (tertiary/aromatic N) is 1. The van der Waals surface area contributed by atoms with Crippen LogP contribution in [0.4, 0.5) is 4.39 Å². The highest BCUT2D eigenvalue weighted by Crippen LogP contribution is 2.39. The molecule has 2 N–H and O–H groups in total. The Labute approximate surface area is 121 Å². The van der Waals surface area contributed by atoms with Crippen LogP contribution in [0.25, 0.3) is 0 Å². The summed E-state index contributed by atoms with van der Waals surface area (Å²) in [5.74, 6) is -0.350. The molecule has 1 aliphatic rings. The summed E-state index contributed by atoms with van der Waals surface area (Å²) in [4.78, 5) is 13.8. The average Bonchev–Trinajstić information content (AvgIpc) is 2.56. The minimum Gasteiger partial charge on any atom is -0.329 e. The predicted molar refractivity (Wildman–Crippen MR) is 76.0 cm³/mol. The van der Waals surface area contributed by atoms with Crippen molar-refractivity contribution in [2.75, 3.05) is 0 Å². The van der Waals surface area contributed by atoms with Crippen LogP contribution in [-0.4, -0.2) is 22.4 Å². The van der Waals surface area contributed by atoms with E-state index in [-0.39, 0.29) is 29.7 Å². The Balaban J connectivity index is 2.51. The van der Waals surface area contributed by atoms with Crippen molar-refractivity contribution in [1.82, 2.24) is 4.90 Å². The summed E-state index contributed by atoms with van der Waals surface area (Å²) in [7, 11) is 0. The maximum atomic E-state index is 14.1. The van der Waals surface area contributed by atoms with Crippen LogP contribution in [-0.2, 0) is 4.79 Å². The molecule has 2 rings (SSSR count). The van der Waals surface area contributed by atoms with Gasteiger partial charge in [-0.1, -0.05) is 15.9 Å². The zero-order valence-corrected chi connectivity index (χ0v) is 12.9. The van der Waals surface area contributed by atoms with Gasteiger partial charge in [0.2, 0.25) is 5.91 Å². The first-order valence-corrected chi connectivity index (χ1v) is 7.04. The quantitative estimate of drug-likeness (QED) is 0.861. The Kier molecular flexibility index (Phi) is 3.71.